The largest absolute Gasteiger partial charge is 0.358 e. The predicted octanol–water partition coefficient (Wildman–Crippen LogP) is 3.44. The van der Waals surface area contributed by atoms with Crippen LogP contribution in [-0.2, 0) is 0 Å². The summed E-state index contributed by atoms with van der Waals surface area (Å²) in [5, 5.41) is 4.69. The van der Waals surface area contributed by atoms with Crippen molar-refractivity contribution in [1.82, 2.24) is 10.3 Å². The second-order valence-electron chi connectivity index (χ2n) is 5.12. The molecule has 0 aliphatic rings. The normalized spacial score (nSPS) is 13.5. The van der Waals surface area contributed by atoms with Crippen LogP contribution < -0.4 is 5.32 Å². The van der Waals surface area contributed by atoms with E-state index in [0.717, 1.165) is 6.54 Å². The highest BCUT2D eigenvalue weighted by atomic mass is 14.8. The molecule has 0 aliphatic carbocycles. The van der Waals surface area contributed by atoms with Gasteiger partial charge < -0.3 is 10.3 Å². The van der Waals surface area contributed by atoms with Crippen LogP contribution in [0.25, 0.3) is 10.9 Å². The molecule has 0 spiro atoms. The molecule has 2 nitrogen and oxygen atoms in total. The van der Waals surface area contributed by atoms with Crippen molar-refractivity contribution >= 4 is 10.9 Å². The maximum Gasteiger partial charge on any atom is 0.0458 e. The highest BCUT2D eigenvalue weighted by Gasteiger charge is 2.20. The number of aryl methyl sites for hydroxylation is 1. The minimum atomic E-state index is 0.566. The number of fused-ring (bicyclic) bond motifs is 1. The van der Waals surface area contributed by atoms with Crippen molar-refractivity contribution in [1.29, 1.82) is 0 Å². The van der Waals surface area contributed by atoms with Gasteiger partial charge in [-0.15, -0.1) is 0 Å². The monoisotopic (exact) mass is 230 g/mol. The molecular weight excluding hydrogens is 208 g/mol. The third-order valence-electron chi connectivity index (χ3n) is 3.54. The Morgan fingerprint density at radius 2 is 1.94 bits per heavy atom. The van der Waals surface area contributed by atoms with Crippen LogP contribution >= 0.6 is 0 Å². The molecule has 92 valence electrons. The maximum atomic E-state index is 3.49. The Morgan fingerprint density at radius 3 is 2.59 bits per heavy atom. The van der Waals surface area contributed by atoms with Gasteiger partial charge in [0.15, 0.2) is 0 Å². The fourth-order valence-corrected chi connectivity index (χ4v) is 2.67. The molecule has 2 aromatic rings. The van der Waals surface area contributed by atoms with E-state index in [0.29, 0.717) is 11.8 Å². The van der Waals surface area contributed by atoms with Crippen molar-refractivity contribution in [3.63, 3.8) is 0 Å². The summed E-state index contributed by atoms with van der Waals surface area (Å²) in [5.41, 5.74) is 4.03. The average Bonchev–Trinajstić information content (AvgIpc) is 2.62. The third-order valence-corrected chi connectivity index (χ3v) is 3.54. The first-order valence-electron chi connectivity index (χ1n) is 6.37. The second-order valence-corrected chi connectivity index (χ2v) is 5.12. The molecule has 0 saturated heterocycles. The van der Waals surface area contributed by atoms with Crippen molar-refractivity contribution in [2.45, 2.75) is 26.7 Å². The zero-order valence-electron chi connectivity index (χ0n) is 11.2. The molecule has 0 amide bonds. The number of benzene rings is 1. The van der Waals surface area contributed by atoms with E-state index in [4.69, 9.17) is 0 Å². The lowest BCUT2D eigenvalue weighted by molar-refractivity contribution is 0.479. The fourth-order valence-electron chi connectivity index (χ4n) is 2.67. The Bertz CT molecular complexity index is 497. The van der Waals surface area contributed by atoms with Crippen molar-refractivity contribution in [2.24, 2.45) is 5.92 Å². The summed E-state index contributed by atoms with van der Waals surface area (Å²) in [7, 11) is 2.03. The highest BCUT2D eigenvalue weighted by Crippen LogP contribution is 2.33. The van der Waals surface area contributed by atoms with Gasteiger partial charge in [-0.2, -0.15) is 0 Å². The number of hydrogen-bond acceptors (Lipinski definition) is 1. The van der Waals surface area contributed by atoms with E-state index in [2.05, 4.69) is 55.3 Å². The Balaban J connectivity index is 2.55. The summed E-state index contributed by atoms with van der Waals surface area (Å²) < 4.78 is 0. The van der Waals surface area contributed by atoms with Crippen LogP contribution in [-0.4, -0.2) is 18.6 Å². The van der Waals surface area contributed by atoms with Crippen molar-refractivity contribution in [2.75, 3.05) is 13.6 Å². The number of para-hydroxylation sites is 1. The van der Waals surface area contributed by atoms with E-state index < -0.39 is 0 Å². The maximum absolute atomic E-state index is 3.49. The van der Waals surface area contributed by atoms with Gasteiger partial charge in [0.25, 0.3) is 0 Å². The lowest BCUT2D eigenvalue weighted by Gasteiger charge is -2.21. The molecular formula is C15H22N2. The van der Waals surface area contributed by atoms with E-state index in [-0.39, 0.29) is 0 Å². The molecule has 1 unspecified atom stereocenters. The molecule has 1 heterocycles. The van der Waals surface area contributed by atoms with Gasteiger partial charge in [0.1, 0.15) is 0 Å². The summed E-state index contributed by atoms with van der Waals surface area (Å²) in [6.07, 6.45) is 0. The van der Waals surface area contributed by atoms with Crippen molar-refractivity contribution in [3.05, 3.63) is 35.5 Å². The molecule has 0 fully saturated rings. The molecule has 1 aromatic heterocycles. The SMILES string of the molecule is CNCC(c1c(C)[nH]c2ccccc12)C(C)C. The van der Waals surface area contributed by atoms with E-state index in [9.17, 15) is 0 Å². The molecule has 0 aliphatic heterocycles. The molecule has 2 rings (SSSR count). The van der Waals surface area contributed by atoms with E-state index in [1.54, 1.807) is 0 Å². The van der Waals surface area contributed by atoms with Gasteiger partial charge in [-0.3, -0.25) is 0 Å². The Labute approximate surface area is 103 Å². The predicted molar refractivity (Wildman–Crippen MR) is 74.5 cm³/mol. The first-order valence-corrected chi connectivity index (χ1v) is 6.37. The van der Waals surface area contributed by atoms with Crippen molar-refractivity contribution < 1.29 is 0 Å². The van der Waals surface area contributed by atoms with Gasteiger partial charge >= 0.3 is 0 Å². The zero-order valence-corrected chi connectivity index (χ0v) is 11.2. The standard InChI is InChI=1S/C15H22N2/c1-10(2)13(9-16-4)15-11(3)17-14-8-6-5-7-12(14)15/h5-8,10,13,16-17H,9H2,1-4H3. The minimum Gasteiger partial charge on any atom is -0.358 e. The van der Waals surface area contributed by atoms with Gasteiger partial charge in [-0.25, -0.2) is 0 Å². The number of likely N-dealkylation sites (N-methyl/N-ethyl adjacent to an activating group) is 1. The summed E-state index contributed by atoms with van der Waals surface area (Å²) in [4.78, 5) is 3.49. The number of nitrogens with one attached hydrogen (secondary N) is 2. The minimum absolute atomic E-state index is 0.566. The quantitative estimate of drug-likeness (QED) is 0.827. The highest BCUT2D eigenvalue weighted by molar-refractivity contribution is 5.85. The van der Waals surface area contributed by atoms with Gasteiger partial charge in [0, 0.05) is 29.1 Å². The van der Waals surface area contributed by atoms with Crippen LogP contribution in [0.1, 0.15) is 31.0 Å². The lowest BCUT2D eigenvalue weighted by Crippen LogP contribution is -2.21. The lowest BCUT2D eigenvalue weighted by atomic mass is 9.86. The second kappa shape index (κ2) is 4.92. The van der Waals surface area contributed by atoms with Crippen LogP contribution in [0.4, 0.5) is 0 Å². The summed E-state index contributed by atoms with van der Waals surface area (Å²) in [5.74, 6) is 1.21. The first kappa shape index (κ1) is 12.2. The van der Waals surface area contributed by atoms with Crippen LogP contribution in [0.5, 0.6) is 0 Å². The van der Waals surface area contributed by atoms with E-state index in [1.807, 2.05) is 7.05 Å². The van der Waals surface area contributed by atoms with Gasteiger partial charge in [0.2, 0.25) is 0 Å². The van der Waals surface area contributed by atoms with Crippen molar-refractivity contribution in [3.8, 4) is 0 Å². The van der Waals surface area contributed by atoms with E-state index >= 15 is 0 Å². The number of hydrogen-bond donors (Lipinski definition) is 2. The molecule has 0 bridgehead atoms. The molecule has 0 radical (unpaired) electrons. The Hall–Kier alpha value is -1.28. The Morgan fingerprint density at radius 1 is 1.24 bits per heavy atom. The molecule has 1 aromatic carbocycles. The van der Waals surface area contributed by atoms with Crippen LogP contribution in [0.2, 0.25) is 0 Å². The topological polar surface area (TPSA) is 27.8 Å². The number of H-pyrrole nitrogens is 1. The summed E-state index contributed by atoms with van der Waals surface area (Å²) in [6.45, 7) is 7.80. The summed E-state index contributed by atoms with van der Waals surface area (Å²) >= 11 is 0. The number of rotatable bonds is 4. The smallest absolute Gasteiger partial charge is 0.0458 e. The molecule has 2 N–H and O–H groups in total. The molecule has 0 saturated carbocycles. The summed E-state index contributed by atoms with van der Waals surface area (Å²) in [6, 6.07) is 8.59. The number of aromatic nitrogens is 1. The average molecular weight is 230 g/mol. The van der Waals surface area contributed by atoms with Gasteiger partial charge in [0.05, 0.1) is 0 Å². The van der Waals surface area contributed by atoms with Gasteiger partial charge in [-0.05, 0) is 31.5 Å². The van der Waals surface area contributed by atoms with Crippen LogP contribution in [0.15, 0.2) is 24.3 Å². The van der Waals surface area contributed by atoms with E-state index in [1.165, 1.54) is 22.2 Å². The van der Waals surface area contributed by atoms with Gasteiger partial charge in [-0.1, -0.05) is 32.0 Å². The number of aromatic amines is 1. The zero-order chi connectivity index (χ0) is 12.4. The van der Waals surface area contributed by atoms with Crippen LogP contribution in [0.3, 0.4) is 0 Å². The Kier molecular flexibility index (Phi) is 3.53. The molecule has 1 atom stereocenters. The fraction of sp³-hybridized carbons (Fsp3) is 0.467. The molecule has 2 heteroatoms. The molecule has 17 heavy (non-hydrogen) atoms. The first-order chi connectivity index (χ1) is 8.15. The van der Waals surface area contributed by atoms with Crippen LogP contribution in [0, 0.1) is 12.8 Å². The third kappa shape index (κ3) is 2.22.